The highest BCUT2D eigenvalue weighted by Crippen LogP contribution is 2.32. The minimum atomic E-state index is -0.370. The second-order valence-electron chi connectivity index (χ2n) is 7.26. The van der Waals surface area contributed by atoms with Crippen LogP contribution in [0, 0.1) is 0 Å². The van der Waals surface area contributed by atoms with Gasteiger partial charge in [0.05, 0.1) is 11.2 Å². The number of nitrogens with one attached hydrogen (secondary N) is 1. The van der Waals surface area contributed by atoms with Crippen LogP contribution in [0.2, 0.25) is 10.0 Å². The van der Waals surface area contributed by atoms with Crippen LogP contribution in [0.5, 0.6) is 5.75 Å². The molecule has 0 spiro atoms. The molecule has 0 unspecified atom stereocenters. The van der Waals surface area contributed by atoms with Gasteiger partial charge in [0.1, 0.15) is 5.75 Å². The van der Waals surface area contributed by atoms with Crippen molar-refractivity contribution in [1.29, 1.82) is 0 Å². The number of hydrogen-bond acceptors (Lipinski definition) is 3. The van der Waals surface area contributed by atoms with Gasteiger partial charge in [-0.3, -0.25) is 4.79 Å². The molecule has 0 aliphatic heterocycles. The molecular formula is C24H22Cl2N2O2. The van der Waals surface area contributed by atoms with Crippen molar-refractivity contribution in [2.24, 2.45) is 5.10 Å². The summed E-state index contributed by atoms with van der Waals surface area (Å²) in [6.07, 6.45) is 1.46. The van der Waals surface area contributed by atoms with Crippen LogP contribution in [-0.4, -0.2) is 18.7 Å². The Hall–Kier alpha value is -2.82. The molecule has 3 aromatic rings. The first kappa shape index (κ1) is 21.9. The minimum absolute atomic E-state index is 0.130. The number of carbonyl (C=O) groups is 1. The average Bonchev–Trinajstić information content (AvgIpc) is 2.75. The van der Waals surface area contributed by atoms with Crippen LogP contribution in [0.15, 0.2) is 77.9 Å². The molecule has 0 heterocycles. The lowest BCUT2D eigenvalue weighted by molar-refractivity contribution is -0.123. The Bertz CT molecular complexity index is 1030. The van der Waals surface area contributed by atoms with Gasteiger partial charge in [0.2, 0.25) is 0 Å². The summed E-state index contributed by atoms with van der Waals surface area (Å²) in [6, 6.07) is 23.1. The molecule has 30 heavy (non-hydrogen) atoms. The van der Waals surface area contributed by atoms with Gasteiger partial charge in [-0.05, 0) is 35.4 Å². The molecule has 1 amide bonds. The lowest BCUT2D eigenvalue weighted by Crippen LogP contribution is -2.24. The molecular weight excluding hydrogens is 419 g/mol. The third-order valence-corrected chi connectivity index (χ3v) is 5.36. The highest BCUT2D eigenvalue weighted by atomic mass is 35.5. The van der Waals surface area contributed by atoms with Crippen LogP contribution in [0.1, 0.15) is 30.5 Å². The molecule has 0 aromatic heterocycles. The predicted octanol–water partition coefficient (Wildman–Crippen LogP) is 5.85. The highest BCUT2D eigenvalue weighted by molar-refractivity contribution is 6.36. The number of rotatable bonds is 7. The van der Waals surface area contributed by atoms with E-state index in [1.54, 1.807) is 18.2 Å². The third-order valence-electron chi connectivity index (χ3n) is 4.80. The molecule has 0 radical (unpaired) electrons. The third kappa shape index (κ3) is 5.62. The van der Waals surface area contributed by atoms with Gasteiger partial charge in [0, 0.05) is 16.0 Å². The van der Waals surface area contributed by atoms with Crippen molar-refractivity contribution in [3.05, 3.63) is 99.5 Å². The van der Waals surface area contributed by atoms with Gasteiger partial charge in [-0.1, -0.05) is 85.6 Å². The fraction of sp³-hybridized carbons (Fsp3) is 0.167. The summed E-state index contributed by atoms with van der Waals surface area (Å²) in [4.78, 5) is 12.0. The molecule has 154 valence electrons. The SMILES string of the molecule is CC(C)(c1ccccc1)c1ccc(OCC(=O)NN=Cc2ccc(Cl)cc2Cl)cc1. The van der Waals surface area contributed by atoms with Crippen LogP contribution in [0.25, 0.3) is 0 Å². The fourth-order valence-electron chi connectivity index (χ4n) is 2.95. The van der Waals surface area contributed by atoms with Crippen LogP contribution in [-0.2, 0) is 10.2 Å². The number of nitrogens with zero attached hydrogens (tertiary/aromatic N) is 1. The van der Waals surface area contributed by atoms with E-state index in [2.05, 4.69) is 36.5 Å². The van der Waals surface area contributed by atoms with E-state index in [0.29, 0.717) is 21.4 Å². The smallest absolute Gasteiger partial charge is 0.277 e. The van der Waals surface area contributed by atoms with Crippen LogP contribution < -0.4 is 10.2 Å². The molecule has 0 atom stereocenters. The fourth-order valence-corrected chi connectivity index (χ4v) is 3.41. The number of hydrazone groups is 1. The summed E-state index contributed by atoms with van der Waals surface area (Å²) in [5.74, 6) is 0.243. The predicted molar refractivity (Wildman–Crippen MR) is 123 cm³/mol. The van der Waals surface area contributed by atoms with Gasteiger partial charge >= 0.3 is 0 Å². The van der Waals surface area contributed by atoms with Crippen molar-refractivity contribution in [3.63, 3.8) is 0 Å². The Morgan fingerprint density at radius 2 is 1.67 bits per heavy atom. The summed E-state index contributed by atoms with van der Waals surface area (Å²) < 4.78 is 5.55. The zero-order chi connectivity index (χ0) is 21.6. The van der Waals surface area contributed by atoms with Crippen molar-refractivity contribution in [2.75, 3.05) is 6.61 Å². The van der Waals surface area contributed by atoms with Gasteiger partial charge < -0.3 is 4.74 Å². The molecule has 3 aromatic carbocycles. The van der Waals surface area contributed by atoms with Crippen LogP contribution in [0.3, 0.4) is 0 Å². The number of hydrogen-bond donors (Lipinski definition) is 1. The zero-order valence-corrected chi connectivity index (χ0v) is 18.2. The van der Waals surface area contributed by atoms with Crippen molar-refractivity contribution in [2.45, 2.75) is 19.3 Å². The standard InChI is InChI=1S/C24H22Cl2N2O2/c1-24(2,18-6-4-3-5-7-18)19-9-12-21(13-10-19)30-16-23(29)28-27-15-17-8-11-20(25)14-22(17)26/h3-15H,16H2,1-2H3,(H,28,29). The Labute approximate surface area is 186 Å². The second kappa shape index (κ2) is 9.79. The summed E-state index contributed by atoms with van der Waals surface area (Å²) >= 11 is 11.9. The van der Waals surface area contributed by atoms with Gasteiger partial charge in [0.15, 0.2) is 6.61 Å². The second-order valence-corrected chi connectivity index (χ2v) is 8.11. The maximum atomic E-state index is 12.0. The quantitative estimate of drug-likeness (QED) is 0.370. The van der Waals surface area contributed by atoms with Crippen molar-refractivity contribution >= 4 is 35.3 Å². The van der Waals surface area contributed by atoms with E-state index in [0.717, 1.165) is 5.56 Å². The largest absolute Gasteiger partial charge is 0.484 e. The average molecular weight is 441 g/mol. The van der Waals surface area contributed by atoms with Crippen molar-refractivity contribution < 1.29 is 9.53 Å². The number of amides is 1. The molecule has 0 aliphatic rings. The minimum Gasteiger partial charge on any atom is -0.484 e. The van der Waals surface area contributed by atoms with E-state index >= 15 is 0 Å². The normalized spacial score (nSPS) is 11.5. The first-order valence-corrected chi connectivity index (χ1v) is 10.2. The number of carbonyl (C=O) groups excluding carboxylic acids is 1. The van der Waals surface area contributed by atoms with Crippen molar-refractivity contribution in [3.8, 4) is 5.75 Å². The Morgan fingerprint density at radius 1 is 1.00 bits per heavy atom. The molecule has 4 nitrogen and oxygen atoms in total. The van der Waals surface area contributed by atoms with Gasteiger partial charge in [0.25, 0.3) is 5.91 Å². The molecule has 0 fully saturated rings. The molecule has 3 rings (SSSR count). The highest BCUT2D eigenvalue weighted by Gasteiger charge is 2.22. The number of halogens is 2. The summed E-state index contributed by atoms with van der Waals surface area (Å²) in [6.45, 7) is 4.21. The van der Waals surface area contributed by atoms with E-state index in [1.165, 1.54) is 11.8 Å². The van der Waals surface area contributed by atoms with E-state index in [9.17, 15) is 4.79 Å². The first-order valence-electron chi connectivity index (χ1n) is 9.42. The Balaban J connectivity index is 1.53. The molecule has 0 saturated carbocycles. The summed E-state index contributed by atoms with van der Waals surface area (Å²) in [5.41, 5.74) is 5.33. The number of benzene rings is 3. The first-order chi connectivity index (χ1) is 14.4. The molecule has 0 bridgehead atoms. The van der Waals surface area contributed by atoms with Crippen LogP contribution in [0.4, 0.5) is 0 Å². The monoisotopic (exact) mass is 440 g/mol. The lowest BCUT2D eigenvalue weighted by Gasteiger charge is -2.26. The summed E-state index contributed by atoms with van der Waals surface area (Å²) in [7, 11) is 0. The van der Waals surface area contributed by atoms with E-state index in [-0.39, 0.29) is 17.9 Å². The van der Waals surface area contributed by atoms with E-state index in [1.807, 2.05) is 42.5 Å². The van der Waals surface area contributed by atoms with E-state index in [4.69, 9.17) is 27.9 Å². The van der Waals surface area contributed by atoms with Crippen molar-refractivity contribution in [1.82, 2.24) is 5.43 Å². The van der Waals surface area contributed by atoms with Gasteiger partial charge in [-0.15, -0.1) is 0 Å². The molecule has 0 aliphatic carbocycles. The van der Waals surface area contributed by atoms with Crippen LogP contribution >= 0.6 is 23.2 Å². The maximum Gasteiger partial charge on any atom is 0.277 e. The van der Waals surface area contributed by atoms with Gasteiger partial charge in [-0.2, -0.15) is 5.10 Å². The Morgan fingerprint density at radius 3 is 2.33 bits per heavy atom. The van der Waals surface area contributed by atoms with Gasteiger partial charge in [-0.25, -0.2) is 5.43 Å². The summed E-state index contributed by atoms with van der Waals surface area (Å²) in [5, 5.41) is 4.88. The lowest BCUT2D eigenvalue weighted by atomic mass is 9.78. The topological polar surface area (TPSA) is 50.7 Å². The maximum absolute atomic E-state index is 12.0. The molecule has 0 saturated heterocycles. The molecule has 1 N–H and O–H groups in total. The van der Waals surface area contributed by atoms with E-state index < -0.39 is 0 Å². The zero-order valence-electron chi connectivity index (χ0n) is 16.7. The Kier molecular flexibility index (Phi) is 7.14. The molecule has 6 heteroatoms. The number of ether oxygens (including phenoxy) is 1.